The number of hydrogen-bond donors (Lipinski definition) is 0. The number of rotatable bonds is 3. The molecule has 1 aliphatic rings. The Morgan fingerprint density at radius 3 is 3.05 bits per heavy atom. The summed E-state index contributed by atoms with van der Waals surface area (Å²) in [6.07, 6.45) is 7.01. The molecule has 0 fully saturated rings. The van der Waals surface area contributed by atoms with Crippen LogP contribution in [-0.2, 0) is 17.6 Å². The minimum atomic E-state index is 0.146. The molecule has 0 unspecified atom stereocenters. The van der Waals surface area contributed by atoms with Crippen molar-refractivity contribution in [3.63, 3.8) is 0 Å². The number of carbonyl (C=O) groups excluding carboxylic acids is 1. The largest absolute Gasteiger partial charge is 0.312 e. The fourth-order valence-electron chi connectivity index (χ4n) is 2.48. The van der Waals surface area contributed by atoms with Crippen LogP contribution < -0.4 is 4.90 Å². The highest BCUT2D eigenvalue weighted by Gasteiger charge is 2.25. The van der Waals surface area contributed by atoms with Crippen molar-refractivity contribution in [2.45, 2.75) is 19.3 Å². The molecule has 0 bridgehead atoms. The summed E-state index contributed by atoms with van der Waals surface area (Å²) < 4.78 is 1.08. The number of fused-ring (bicyclic) bond motifs is 1. The van der Waals surface area contributed by atoms with Gasteiger partial charge in [-0.25, -0.2) is 0 Å². The maximum Gasteiger partial charge on any atom is 0.227 e. The van der Waals surface area contributed by atoms with Crippen LogP contribution in [0.3, 0.4) is 0 Å². The first-order valence-electron chi connectivity index (χ1n) is 6.58. The maximum atomic E-state index is 12.4. The van der Waals surface area contributed by atoms with Gasteiger partial charge in [-0.1, -0.05) is 22.0 Å². The summed E-state index contributed by atoms with van der Waals surface area (Å²) in [6.45, 7) is 0.761. The molecule has 102 valence electrons. The van der Waals surface area contributed by atoms with Gasteiger partial charge in [-0.3, -0.25) is 14.8 Å². The van der Waals surface area contributed by atoms with E-state index in [9.17, 15) is 4.79 Å². The Balaban J connectivity index is 1.70. The molecule has 1 amide bonds. The van der Waals surface area contributed by atoms with Crippen LogP contribution in [0.5, 0.6) is 0 Å². The number of hydrogen-bond acceptors (Lipinski definition) is 3. The minimum Gasteiger partial charge on any atom is -0.312 e. The lowest BCUT2D eigenvalue weighted by Gasteiger charge is -2.17. The molecular weight excluding hydrogens is 318 g/mol. The van der Waals surface area contributed by atoms with Crippen LogP contribution in [0.2, 0.25) is 0 Å². The van der Waals surface area contributed by atoms with Gasteiger partial charge in [0.1, 0.15) is 0 Å². The smallest absolute Gasteiger partial charge is 0.227 e. The molecular formula is C15H14BrN3O. The number of aromatic nitrogens is 2. The Morgan fingerprint density at radius 2 is 2.25 bits per heavy atom. The second-order valence-electron chi connectivity index (χ2n) is 4.73. The van der Waals surface area contributed by atoms with Crippen LogP contribution in [0.15, 0.2) is 41.3 Å². The second-order valence-corrected chi connectivity index (χ2v) is 5.58. The first-order valence-corrected chi connectivity index (χ1v) is 7.37. The van der Waals surface area contributed by atoms with E-state index in [0.29, 0.717) is 12.8 Å². The molecule has 5 heteroatoms. The standard InChI is InChI=1S/C15H14BrN3O/c16-13-2-1-3-14-12(13)6-9-19(14)15(20)5-4-11-10-17-7-8-18-11/h1-3,7-8,10H,4-6,9H2. The van der Waals surface area contributed by atoms with Crippen molar-refractivity contribution < 1.29 is 4.79 Å². The number of carbonyl (C=O) groups is 1. The Kier molecular flexibility index (Phi) is 3.78. The molecule has 0 atom stereocenters. The zero-order chi connectivity index (χ0) is 13.9. The minimum absolute atomic E-state index is 0.146. The second kappa shape index (κ2) is 5.71. The lowest BCUT2D eigenvalue weighted by atomic mass is 10.2. The normalized spacial score (nSPS) is 13.3. The maximum absolute atomic E-state index is 12.4. The van der Waals surface area contributed by atoms with E-state index in [1.54, 1.807) is 18.6 Å². The van der Waals surface area contributed by atoms with Crippen LogP contribution >= 0.6 is 15.9 Å². The van der Waals surface area contributed by atoms with Crippen LogP contribution in [0.4, 0.5) is 5.69 Å². The van der Waals surface area contributed by atoms with Gasteiger partial charge in [0.25, 0.3) is 0 Å². The lowest BCUT2D eigenvalue weighted by molar-refractivity contribution is -0.118. The molecule has 0 saturated carbocycles. The van der Waals surface area contributed by atoms with E-state index in [4.69, 9.17) is 0 Å². The highest BCUT2D eigenvalue weighted by atomic mass is 79.9. The van der Waals surface area contributed by atoms with Crippen molar-refractivity contribution in [2.24, 2.45) is 0 Å². The van der Waals surface area contributed by atoms with Crippen molar-refractivity contribution in [3.8, 4) is 0 Å². The Bertz CT molecular complexity index is 630. The number of aryl methyl sites for hydroxylation is 1. The van der Waals surface area contributed by atoms with Gasteiger partial charge in [0.15, 0.2) is 0 Å². The van der Waals surface area contributed by atoms with Crippen molar-refractivity contribution >= 4 is 27.5 Å². The van der Waals surface area contributed by atoms with Gasteiger partial charge in [0, 0.05) is 41.7 Å². The quantitative estimate of drug-likeness (QED) is 0.868. The van der Waals surface area contributed by atoms with Gasteiger partial charge in [-0.15, -0.1) is 0 Å². The average molecular weight is 332 g/mol. The van der Waals surface area contributed by atoms with Crippen molar-refractivity contribution in [1.82, 2.24) is 9.97 Å². The number of anilines is 1. The number of nitrogens with zero attached hydrogens (tertiary/aromatic N) is 3. The topological polar surface area (TPSA) is 46.1 Å². The number of halogens is 1. The molecule has 0 N–H and O–H groups in total. The van der Waals surface area contributed by atoms with E-state index in [0.717, 1.165) is 28.8 Å². The van der Waals surface area contributed by atoms with Gasteiger partial charge in [-0.2, -0.15) is 0 Å². The van der Waals surface area contributed by atoms with Crippen LogP contribution in [0.25, 0.3) is 0 Å². The predicted molar refractivity (Wildman–Crippen MR) is 80.6 cm³/mol. The first-order chi connectivity index (χ1) is 9.75. The van der Waals surface area contributed by atoms with Crippen molar-refractivity contribution in [3.05, 3.63) is 52.5 Å². The van der Waals surface area contributed by atoms with Crippen LogP contribution in [0.1, 0.15) is 17.7 Å². The fraction of sp³-hybridized carbons (Fsp3) is 0.267. The molecule has 0 aliphatic carbocycles. The first kappa shape index (κ1) is 13.2. The summed E-state index contributed by atoms with van der Waals surface area (Å²) in [5, 5.41) is 0. The SMILES string of the molecule is O=C(CCc1cnccn1)N1CCc2c(Br)cccc21. The molecule has 0 spiro atoms. The lowest BCUT2D eigenvalue weighted by Crippen LogP contribution is -2.29. The molecule has 0 radical (unpaired) electrons. The van der Waals surface area contributed by atoms with Crippen molar-refractivity contribution in [2.75, 3.05) is 11.4 Å². The summed E-state index contributed by atoms with van der Waals surface area (Å²) in [7, 11) is 0. The van der Waals surface area contributed by atoms with Crippen molar-refractivity contribution in [1.29, 1.82) is 0 Å². The van der Waals surface area contributed by atoms with E-state index >= 15 is 0 Å². The molecule has 1 aromatic carbocycles. The summed E-state index contributed by atoms with van der Waals surface area (Å²) in [5.41, 5.74) is 3.11. The summed E-state index contributed by atoms with van der Waals surface area (Å²) in [5.74, 6) is 0.146. The molecule has 20 heavy (non-hydrogen) atoms. The van der Waals surface area contributed by atoms with E-state index in [1.165, 1.54) is 5.56 Å². The van der Waals surface area contributed by atoms with E-state index in [1.807, 2.05) is 23.1 Å². The monoisotopic (exact) mass is 331 g/mol. The Morgan fingerprint density at radius 1 is 1.35 bits per heavy atom. The van der Waals surface area contributed by atoms with E-state index < -0.39 is 0 Å². The summed E-state index contributed by atoms with van der Waals surface area (Å²) >= 11 is 3.54. The molecule has 2 heterocycles. The number of amides is 1. The highest BCUT2D eigenvalue weighted by molar-refractivity contribution is 9.10. The van der Waals surface area contributed by atoms with E-state index in [-0.39, 0.29) is 5.91 Å². The third-order valence-electron chi connectivity index (χ3n) is 3.48. The highest BCUT2D eigenvalue weighted by Crippen LogP contribution is 2.33. The molecule has 1 aromatic heterocycles. The zero-order valence-corrected chi connectivity index (χ0v) is 12.5. The van der Waals surface area contributed by atoms with Crippen LogP contribution in [0, 0.1) is 0 Å². The third-order valence-corrected chi connectivity index (χ3v) is 4.23. The zero-order valence-electron chi connectivity index (χ0n) is 10.9. The van der Waals surface area contributed by atoms with Gasteiger partial charge < -0.3 is 4.90 Å². The molecule has 1 aliphatic heterocycles. The molecule has 3 rings (SSSR count). The molecule has 2 aromatic rings. The van der Waals surface area contributed by atoms with Gasteiger partial charge in [0.05, 0.1) is 5.69 Å². The van der Waals surface area contributed by atoms with Crippen LogP contribution in [-0.4, -0.2) is 22.4 Å². The average Bonchev–Trinajstić information content (AvgIpc) is 2.91. The summed E-state index contributed by atoms with van der Waals surface area (Å²) in [6, 6.07) is 6.00. The Hall–Kier alpha value is -1.75. The van der Waals surface area contributed by atoms with Gasteiger partial charge >= 0.3 is 0 Å². The van der Waals surface area contributed by atoms with Gasteiger partial charge in [0.2, 0.25) is 5.91 Å². The van der Waals surface area contributed by atoms with Gasteiger partial charge in [-0.05, 0) is 30.5 Å². The predicted octanol–water partition coefficient (Wildman–Crippen LogP) is 2.76. The fourth-order valence-corrected chi connectivity index (χ4v) is 3.03. The molecule has 0 saturated heterocycles. The third kappa shape index (κ3) is 2.58. The summed E-state index contributed by atoms with van der Waals surface area (Å²) in [4.78, 5) is 22.4. The number of benzene rings is 1. The molecule has 4 nitrogen and oxygen atoms in total. The van der Waals surface area contributed by atoms with E-state index in [2.05, 4.69) is 25.9 Å². The Labute approximate surface area is 126 Å².